The summed E-state index contributed by atoms with van der Waals surface area (Å²) in [5.41, 5.74) is 8.22. The van der Waals surface area contributed by atoms with Crippen LogP contribution in [0.25, 0.3) is 11.6 Å². The molecule has 11 heteroatoms. The number of allylic oxidation sites excluding steroid dienone is 1. The molecule has 0 atom stereocenters. The number of urea groups is 1. The Hall–Kier alpha value is -4.05. The number of alkyl halides is 3. The van der Waals surface area contributed by atoms with Gasteiger partial charge >= 0.3 is 12.2 Å². The van der Waals surface area contributed by atoms with Crippen molar-refractivity contribution in [2.45, 2.75) is 13.1 Å². The van der Waals surface area contributed by atoms with Crippen molar-refractivity contribution in [3.63, 3.8) is 0 Å². The Balaban J connectivity index is 1.71. The van der Waals surface area contributed by atoms with Gasteiger partial charge in [-0.1, -0.05) is 24.2 Å². The lowest BCUT2D eigenvalue weighted by molar-refractivity contribution is -0.118. The normalized spacial score (nSPS) is 13.2. The first-order valence-electron chi connectivity index (χ1n) is 10.6. The Kier molecular flexibility index (Phi) is 6.64. The topological polar surface area (TPSA) is 83.3 Å². The molecule has 4 N–H and O–H groups in total. The zero-order valence-corrected chi connectivity index (χ0v) is 19.6. The molecule has 2 heterocycles. The van der Waals surface area contributed by atoms with Gasteiger partial charge < -0.3 is 21.3 Å². The lowest BCUT2D eigenvalue weighted by Gasteiger charge is -2.34. The number of halogens is 5. The highest BCUT2D eigenvalue weighted by Gasteiger charge is 2.35. The maximum atomic E-state index is 13.4. The lowest BCUT2D eigenvalue weighted by Crippen LogP contribution is -2.35. The molecule has 0 saturated carbocycles. The van der Waals surface area contributed by atoms with E-state index < -0.39 is 24.6 Å². The molecule has 2 amide bonds. The molecule has 36 heavy (non-hydrogen) atoms. The average molecular weight is 518 g/mol. The molecule has 4 rings (SSSR count). The average Bonchev–Trinajstić information content (AvgIpc) is 2.77. The van der Waals surface area contributed by atoms with Crippen LogP contribution >= 0.6 is 11.6 Å². The fourth-order valence-electron chi connectivity index (χ4n) is 3.80. The molecule has 0 radical (unpaired) electrons. The molecular formula is C25H20ClF4N5O. The van der Waals surface area contributed by atoms with Crippen LogP contribution in [0.3, 0.4) is 0 Å². The van der Waals surface area contributed by atoms with Crippen LogP contribution in [0.2, 0.25) is 5.02 Å². The zero-order chi connectivity index (χ0) is 26.2. The maximum Gasteiger partial charge on any atom is 0.406 e. The number of benzene rings is 2. The molecule has 0 saturated heterocycles. The van der Waals surface area contributed by atoms with Gasteiger partial charge in [-0.2, -0.15) is 13.2 Å². The summed E-state index contributed by atoms with van der Waals surface area (Å²) in [4.78, 5) is 17.5. The second-order valence-corrected chi connectivity index (χ2v) is 8.52. The van der Waals surface area contributed by atoms with Crippen molar-refractivity contribution in [3.05, 3.63) is 88.5 Å². The molecule has 6 nitrogen and oxygen atoms in total. The summed E-state index contributed by atoms with van der Waals surface area (Å²) in [6.07, 6.45) is -1.54. The number of carbonyl (C=O) groups is 1. The number of hydrogen-bond donors (Lipinski definition) is 3. The number of nitrogens with one attached hydrogen (secondary N) is 2. The Bertz CT molecular complexity index is 1400. The number of nitrogen functional groups attached to an aromatic ring is 1. The summed E-state index contributed by atoms with van der Waals surface area (Å²) >= 11 is 6.49. The third-order valence-corrected chi connectivity index (χ3v) is 5.75. The molecule has 1 aromatic heterocycles. The zero-order valence-electron chi connectivity index (χ0n) is 18.9. The van der Waals surface area contributed by atoms with Crippen molar-refractivity contribution in [1.29, 1.82) is 0 Å². The first-order valence-corrected chi connectivity index (χ1v) is 10.9. The van der Waals surface area contributed by atoms with Crippen LogP contribution in [0.5, 0.6) is 0 Å². The molecule has 0 fully saturated rings. The minimum absolute atomic E-state index is 0.0475. The fourth-order valence-corrected chi connectivity index (χ4v) is 4.12. The van der Waals surface area contributed by atoms with Crippen molar-refractivity contribution in [3.8, 4) is 0 Å². The van der Waals surface area contributed by atoms with Gasteiger partial charge in [-0.3, -0.25) is 0 Å². The van der Waals surface area contributed by atoms with Crippen LogP contribution in [-0.4, -0.2) is 23.7 Å². The number of anilines is 4. The van der Waals surface area contributed by atoms with E-state index in [0.29, 0.717) is 28.0 Å². The number of aryl methyl sites for hydroxylation is 1. The lowest BCUT2D eigenvalue weighted by atomic mass is 9.94. The second-order valence-electron chi connectivity index (χ2n) is 8.11. The number of aromatic nitrogens is 1. The molecule has 186 valence electrons. The van der Waals surface area contributed by atoms with Crippen LogP contribution in [0.15, 0.2) is 60.9 Å². The van der Waals surface area contributed by atoms with E-state index in [-0.39, 0.29) is 27.9 Å². The fraction of sp³-hybridized carbons (Fsp3) is 0.120. The Morgan fingerprint density at radius 3 is 2.64 bits per heavy atom. The SMILES string of the molecule is C=C1C(c2cc(NC(=O)Nc3cccc(F)c3)c(C)cc2Cl)=Cc2cnc(N)cc2N1CC(F)(F)F. The molecule has 0 bridgehead atoms. The molecule has 1 aliphatic rings. The number of fused-ring (bicyclic) bond motifs is 1. The summed E-state index contributed by atoms with van der Waals surface area (Å²) < 4.78 is 53.7. The van der Waals surface area contributed by atoms with Crippen LogP contribution in [0, 0.1) is 12.7 Å². The number of nitrogens with zero attached hydrogens (tertiary/aromatic N) is 2. The third-order valence-electron chi connectivity index (χ3n) is 5.43. The monoisotopic (exact) mass is 517 g/mol. The number of rotatable bonds is 4. The first-order chi connectivity index (χ1) is 16.9. The minimum Gasteiger partial charge on any atom is -0.384 e. The van der Waals surface area contributed by atoms with Gasteiger partial charge in [0.2, 0.25) is 0 Å². The Labute approximate surface area is 209 Å². The van der Waals surface area contributed by atoms with Gasteiger partial charge in [0.15, 0.2) is 0 Å². The second kappa shape index (κ2) is 9.54. The van der Waals surface area contributed by atoms with Crippen LogP contribution in [-0.2, 0) is 0 Å². The predicted molar refractivity (Wildman–Crippen MR) is 134 cm³/mol. The van der Waals surface area contributed by atoms with Crippen LogP contribution < -0.4 is 21.3 Å². The highest BCUT2D eigenvalue weighted by Crippen LogP contribution is 2.43. The van der Waals surface area contributed by atoms with Crippen LogP contribution in [0.4, 0.5) is 45.2 Å². The van der Waals surface area contributed by atoms with Gasteiger partial charge in [-0.05, 0) is 48.9 Å². The van der Waals surface area contributed by atoms with E-state index in [1.807, 2.05) is 0 Å². The molecule has 2 aromatic carbocycles. The van der Waals surface area contributed by atoms with Crippen molar-refractivity contribution in [2.24, 2.45) is 0 Å². The number of hydrogen-bond acceptors (Lipinski definition) is 4. The molecule has 1 aliphatic heterocycles. The number of amides is 2. The van der Waals surface area contributed by atoms with Gasteiger partial charge in [0, 0.05) is 51.1 Å². The first kappa shape index (κ1) is 25.1. The summed E-state index contributed by atoms with van der Waals surface area (Å²) in [5, 5.41) is 5.43. The van der Waals surface area contributed by atoms with E-state index in [4.69, 9.17) is 17.3 Å². The third kappa shape index (κ3) is 5.44. The summed E-state index contributed by atoms with van der Waals surface area (Å²) in [6.45, 7) is 4.29. The van der Waals surface area contributed by atoms with Crippen molar-refractivity contribution >= 4 is 52.2 Å². The van der Waals surface area contributed by atoms with E-state index in [9.17, 15) is 22.4 Å². The smallest absolute Gasteiger partial charge is 0.384 e. The minimum atomic E-state index is -4.53. The standard InChI is InChI=1S/C25H20ClF4N5O/c1-13-6-20(26)19(9-21(13)34-24(36)33-17-5-3-4-16(27)8-17)18-7-15-11-32-23(31)10-22(15)35(14(18)2)12-25(28,29)30/h3-11H,2,12H2,1H3,(H2,31,32)(H2,33,34,36). The highest BCUT2D eigenvalue weighted by atomic mass is 35.5. The molecule has 0 unspecified atom stereocenters. The van der Waals surface area contributed by atoms with E-state index in [2.05, 4.69) is 22.2 Å². The van der Waals surface area contributed by atoms with Gasteiger partial charge in [-0.25, -0.2) is 14.2 Å². The highest BCUT2D eigenvalue weighted by molar-refractivity contribution is 6.33. The molecule has 3 aromatic rings. The van der Waals surface area contributed by atoms with E-state index in [1.165, 1.54) is 30.5 Å². The van der Waals surface area contributed by atoms with E-state index >= 15 is 0 Å². The van der Waals surface area contributed by atoms with Gasteiger partial charge in [-0.15, -0.1) is 0 Å². The molecular weight excluding hydrogens is 498 g/mol. The summed E-state index contributed by atoms with van der Waals surface area (Å²) in [6, 6.07) is 9.20. The Morgan fingerprint density at radius 2 is 1.94 bits per heavy atom. The molecule has 0 spiro atoms. The van der Waals surface area contributed by atoms with E-state index in [1.54, 1.807) is 25.1 Å². The largest absolute Gasteiger partial charge is 0.406 e. The maximum absolute atomic E-state index is 13.4. The number of pyridine rings is 1. The van der Waals surface area contributed by atoms with Crippen molar-refractivity contribution < 1.29 is 22.4 Å². The molecule has 0 aliphatic carbocycles. The summed E-state index contributed by atoms with van der Waals surface area (Å²) in [7, 11) is 0. The van der Waals surface area contributed by atoms with Gasteiger partial charge in [0.1, 0.15) is 18.2 Å². The predicted octanol–water partition coefficient (Wildman–Crippen LogP) is 6.85. The quantitative estimate of drug-likeness (QED) is 0.331. The van der Waals surface area contributed by atoms with Crippen molar-refractivity contribution in [2.75, 3.05) is 27.8 Å². The van der Waals surface area contributed by atoms with E-state index in [0.717, 1.165) is 11.0 Å². The Morgan fingerprint density at radius 1 is 1.19 bits per heavy atom. The van der Waals surface area contributed by atoms with Crippen molar-refractivity contribution in [1.82, 2.24) is 4.98 Å². The number of carbonyl (C=O) groups excluding carboxylic acids is 1. The number of nitrogens with two attached hydrogens (primary N) is 1. The van der Waals surface area contributed by atoms with Gasteiger partial charge in [0.05, 0.1) is 5.69 Å². The van der Waals surface area contributed by atoms with Crippen LogP contribution in [0.1, 0.15) is 16.7 Å². The summed E-state index contributed by atoms with van der Waals surface area (Å²) in [5.74, 6) is -0.449. The van der Waals surface area contributed by atoms with Gasteiger partial charge in [0.25, 0.3) is 0 Å².